The summed E-state index contributed by atoms with van der Waals surface area (Å²) in [6.45, 7) is 1.61. The molecule has 2 amide bonds. The molecular formula is C16H16N2O4. The Bertz CT molecular complexity index is 644. The number of aryl methyl sites for hydroxylation is 1. The Balaban J connectivity index is 1.70. The van der Waals surface area contributed by atoms with Gasteiger partial charge in [0.25, 0.3) is 0 Å². The average Bonchev–Trinajstić information content (AvgIpc) is 2.52. The summed E-state index contributed by atoms with van der Waals surface area (Å²) in [5.41, 5.74) is 3.62. The number of hydrogen-bond acceptors (Lipinski definition) is 4. The van der Waals surface area contributed by atoms with E-state index in [1.54, 1.807) is 36.4 Å². The molecule has 0 saturated heterocycles. The lowest BCUT2D eigenvalue weighted by molar-refractivity contribution is -0.150. The summed E-state index contributed by atoms with van der Waals surface area (Å²) in [5, 5.41) is 2.54. The number of hydroxylamine groups is 1. The molecule has 0 fully saturated rings. The second kappa shape index (κ2) is 7.68. The molecule has 22 heavy (non-hydrogen) atoms. The van der Waals surface area contributed by atoms with Crippen LogP contribution in [-0.2, 0) is 9.63 Å². The van der Waals surface area contributed by atoms with E-state index >= 15 is 0 Å². The highest BCUT2D eigenvalue weighted by molar-refractivity contribution is 5.89. The van der Waals surface area contributed by atoms with Gasteiger partial charge in [-0.2, -0.15) is 5.48 Å². The molecule has 0 aliphatic rings. The number of benzene rings is 2. The molecule has 0 aromatic heterocycles. The van der Waals surface area contributed by atoms with Crippen molar-refractivity contribution in [1.29, 1.82) is 0 Å². The lowest BCUT2D eigenvalue weighted by Gasteiger charge is -2.09. The van der Waals surface area contributed by atoms with Crippen molar-refractivity contribution in [3.8, 4) is 5.75 Å². The van der Waals surface area contributed by atoms with Crippen LogP contribution in [0.15, 0.2) is 54.6 Å². The first-order valence-corrected chi connectivity index (χ1v) is 6.64. The Kier molecular flexibility index (Phi) is 5.37. The maximum absolute atomic E-state index is 11.6. The van der Waals surface area contributed by atoms with Gasteiger partial charge < -0.3 is 14.9 Å². The summed E-state index contributed by atoms with van der Waals surface area (Å²) in [4.78, 5) is 27.6. The molecule has 2 aromatic carbocycles. The van der Waals surface area contributed by atoms with E-state index in [4.69, 9.17) is 4.74 Å². The van der Waals surface area contributed by atoms with Crippen molar-refractivity contribution in [2.75, 3.05) is 11.9 Å². The van der Waals surface area contributed by atoms with Crippen LogP contribution >= 0.6 is 0 Å². The molecule has 2 N–H and O–H groups in total. The molecule has 2 rings (SSSR count). The molecule has 114 valence electrons. The summed E-state index contributed by atoms with van der Waals surface area (Å²) in [7, 11) is 0. The molecule has 0 atom stereocenters. The highest BCUT2D eigenvalue weighted by Crippen LogP contribution is 2.09. The normalized spacial score (nSPS) is 9.68. The minimum absolute atomic E-state index is 0.297. The molecular weight excluding hydrogens is 284 g/mol. The van der Waals surface area contributed by atoms with E-state index in [1.807, 2.05) is 30.6 Å². The predicted octanol–water partition coefficient (Wildman–Crippen LogP) is 2.65. The van der Waals surface area contributed by atoms with Crippen molar-refractivity contribution < 1.29 is 19.2 Å². The monoisotopic (exact) mass is 300 g/mol. The zero-order chi connectivity index (χ0) is 15.8. The number of para-hydroxylation sites is 1. The molecule has 0 aliphatic heterocycles. The second-order valence-corrected chi connectivity index (χ2v) is 4.50. The van der Waals surface area contributed by atoms with Gasteiger partial charge in [0.2, 0.25) is 0 Å². The molecule has 2 aromatic rings. The van der Waals surface area contributed by atoms with Crippen LogP contribution < -0.4 is 15.5 Å². The molecule has 0 radical (unpaired) electrons. The highest BCUT2D eigenvalue weighted by atomic mass is 16.7. The van der Waals surface area contributed by atoms with Gasteiger partial charge in [0.1, 0.15) is 5.75 Å². The predicted molar refractivity (Wildman–Crippen MR) is 81.4 cm³/mol. The van der Waals surface area contributed by atoms with E-state index in [0.717, 1.165) is 5.56 Å². The number of anilines is 1. The van der Waals surface area contributed by atoms with E-state index in [1.165, 1.54) is 0 Å². The molecule has 6 nitrogen and oxygen atoms in total. The molecule has 0 heterocycles. The molecule has 0 aliphatic carbocycles. The largest absolute Gasteiger partial charge is 0.482 e. The first-order chi connectivity index (χ1) is 10.6. The van der Waals surface area contributed by atoms with E-state index in [9.17, 15) is 9.59 Å². The van der Waals surface area contributed by atoms with Crippen molar-refractivity contribution in [1.82, 2.24) is 5.48 Å². The van der Waals surface area contributed by atoms with Gasteiger partial charge in [-0.15, -0.1) is 0 Å². The smallest absolute Gasteiger partial charge is 0.369 e. The van der Waals surface area contributed by atoms with E-state index in [0.29, 0.717) is 11.4 Å². The van der Waals surface area contributed by atoms with Gasteiger partial charge in [-0.05, 0) is 36.8 Å². The van der Waals surface area contributed by atoms with Crippen LogP contribution in [0.25, 0.3) is 0 Å². The third kappa shape index (κ3) is 5.16. The van der Waals surface area contributed by atoms with Crippen LogP contribution in [0, 0.1) is 6.92 Å². The second-order valence-electron chi connectivity index (χ2n) is 4.50. The van der Waals surface area contributed by atoms with E-state index in [-0.39, 0.29) is 6.61 Å². The van der Waals surface area contributed by atoms with Gasteiger partial charge in [-0.3, -0.25) is 0 Å². The quantitative estimate of drug-likeness (QED) is 0.851. The fourth-order valence-electron chi connectivity index (χ4n) is 1.67. The maximum Gasteiger partial charge on any atom is 0.369 e. The minimum atomic E-state index is -0.705. The number of hydrogen-bond donors (Lipinski definition) is 2. The van der Waals surface area contributed by atoms with Crippen molar-refractivity contribution in [3.05, 3.63) is 60.2 Å². The Labute approximate surface area is 128 Å². The standard InChI is InChI=1S/C16H16N2O4/c1-12-6-5-7-13(10-12)17-16(20)18-22-15(19)11-21-14-8-3-2-4-9-14/h2-10H,11H2,1H3,(H2,17,18,20). The van der Waals surface area contributed by atoms with E-state index < -0.39 is 12.0 Å². The van der Waals surface area contributed by atoms with Crippen LogP contribution in [0.5, 0.6) is 5.75 Å². The van der Waals surface area contributed by atoms with Crippen LogP contribution in [0.1, 0.15) is 5.56 Å². The van der Waals surface area contributed by atoms with Crippen LogP contribution in [0.2, 0.25) is 0 Å². The number of ether oxygens (including phenoxy) is 1. The van der Waals surface area contributed by atoms with Crippen molar-refractivity contribution in [3.63, 3.8) is 0 Å². The zero-order valence-corrected chi connectivity index (χ0v) is 12.0. The van der Waals surface area contributed by atoms with Crippen LogP contribution in [0.3, 0.4) is 0 Å². The fraction of sp³-hybridized carbons (Fsp3) is 0.125. The molecule has 0 bridgehead atoms. The van der Waals surface area contributed by atoms with Crippen LogP contribution in [0.4, 0.5) is 10.5 Å². The summed E-state index contributed by atoms with van der Waals surface area (Å²) < 4.78 is 5.19. The van der Waals surface area contributed by atoms with Gasteiger partial charge in [-0.25, -0.2) is 9.59 Å². The van der Waals surface area contributed by atoms with Gasteiger partial charge in [0, 0.05) is 5.69 Å². The highest BCUT2D eigenvalue weighted by Gasteiger charge is 2.08. The van der Waals surface area contributed by atoms with Gasteiger partial charge in [0.15, 0.2) is 6.61 Å². The fourth-order valence-corrected chi connectivity index (χ4v) is 1.67. The number of carbonyl (C=O) groups excluding carboxylic acids is 2. The van der Waals surface area contributed by atoms with Crippen molar-refractivity contribution >= 4 is 17.7 Å². The number of carbonyl (C=O) groups is 2. The molecule has 0 spiro atoms. The van der Waals surface area contributed by atoms with E-state index in [2.05, 4.69) is 10.2 Å². The number of rotatable bonds is 4. The van der Waals surface area contributed by atoms with Crippen molar-refractivity contribution in [2.24, 2.45) is 0 Å². The lowest BCUT2D eigenvalue weighted by Crippen LogP contribution is -2.33. The van der Waals surface area contributed by atoms with Gasteiger partial charge >= 0.3 is 12.0 Å². The number of amides is 2. The summed E-state index contributed by atoms with van der Waals surface area (Å²) >= 11 is 0. The summed E-state index contributed by atoms with van der Waals surface area (Å²) in [5.74, 6) is -0.160. The Morgan fingerprint density at radius 3 is 2.55 bits per heavy atom. The number of urea groups is 1. The summed E-state index contributed by atoms with van der Waals surface area (Å²) in [6, 6.07) is 15.4. The Morgan fingerprint density at radius 2 is 1.82 bits per heavy atom. The number of nitrogens with one attached hydrogen (secondary N) is 2. The zero-order valence-electron chi connectivity index (χ0n) is 12.0. The topological polar surface area (TPSA) is 76.7 Å². The lowest BCUT2D eigenvalue weighted by atomic mass is 10.2. The Hall–Kier alpha value is -3.02. The third-order valence-corrected chi connectivity index (χ3v) is 2.63. The summed E-state index contributed by atoms with van der Waals surface area (Å²) in [6.07, 6.45) is 0. The Morgan fingerprint density at radius 1 is 1.05 bits per heavy atom. The third-order valence-electron chi connectivity index (χ3n) is 2.63. The van der Waals surface area contributed by atoms with Gasteiger partial charge in [-0.1, -0.05) is 30.3 Å². The molecule has 0 unspecified atom stereocenters. The maximum atomic E-state index is 11.6. The first-order valence-electron chi connectivity index (χ1n) is 6.64. The first kappa shape index (κ1) is 15.4. The minimum Gasteiger partial charge on any atom is -0.482 e. The van der Waals surface area contributed by atoms with Gasteiger partial charge in [0.05, 0.1) is 0 Å². The molecule has 0 saturated carbocycles. The van der Waals surface area contributed by atoms with Crippen LogP contribution in [-0.4, -0.2) is 18.6 Å². The SMILES string of the molecule is Cc1cccc(NC(=O)NOC(=O)COc2ccccc2)c1. The van der Waals surface area contributed by atoms with Crippen molar-refractivity contribution in [2.45, 2.75) is 6.92 Å². The average molecular weight is 300 g/mol. The molecule has 6 heteroatoms.